The minimum absolute atomic E-state index is 0. The lowest BCUT2D eigenvalue weighted by Gasteiger charge is -2.08. The van der Waals surface area contributed by atoms with Crippen molar-refractivity contribution in [3.63, 3.8) is 0 Å². The van der Waals surface area contributed by atoms with Crippen LogP contribution in [0.5, 0.6) is 0 Å². The highest BCUT2D eigenvalue weighted by Gasteiger charge is 2.68. The van der Waals surface area contributed by atoms with Gasteiger partial charge in [-0.25, -0.2) is 0 Å². The van der Waals surface area contributed by atoms with Gasteiger partial charge in [0, 0.05) is 25.6 Å². The monoisotopic (exact) mass is 308 g/mol. The second-order valence-corrected chi connectivity index (χ2v) is 7.30. The topological polar surface area (TPSA) is 41.1 Å². The largest absolute Gasteiger partial charge is 0.352 e. The first-order valence-corrected chi connectivity index (χ1v) is 7.43. The molecule has 2 N–H and O–H groups in total. The van der Waals surface area contributed by atoms with Gasteiger partial charge in [-0.15, -0.1) is 12.4 Å². The highest BCUT2D eigenvalue weighted by Crippen LogP contribution is 2.68. The van der Waals surface area contributed by atoms with E-state index in [9.17, 15) is 4.79 Å². The predicted molar refractivity (Wildman–Crippen MR) is 87.1 cm³/mol. The van der Waals surface area contributed by atoms with E-state index in [0.29, 0.717) is 6.54 Å². The first-order chi connectivity index (χ1) is 9.34. The lowest BCUT2D eigenvalue weighted by Crippen LogP contribution is -2.26. The summed E-state index contributed by atoms with van der Waals surface area (Å²) in [5.41, 5.74) is 4.16. The highest BCUT2D eigenvalue weighted by molar-refractivity contribution is 5.85. The van der Waals surface area contributed by atoms with Crippen molar-refractivity contribution in [2.45, 2.75) is 47.3 Å². The lowest BCUT2D eigenvalue weighted by molar-refractivity contribution is -0.123. The Balaban J connectivity index is 0.00000161. The van der Waals surface area contributed by atoms with E-state index in [1.807, 2.05) is 0 Å². The summed E-state index contributed by atoms with van der Waals surface area (Å²) in [7, 11) is 0. The van der Waals surface area contributed by atoms with Gasteiger partial charge in [-0.2, -0.15) is 0 Å². The third-order valence-corrected chi connectivity index (χ3v) is 5.65. The van der Waals surface area contributed by atoms with Gasteiger partial charge in [0.1, 0.15) is 0 Å². The quantitative estimate of drug-likeness (QED) is 0.901. The molecule has 1 aliphatic heterocycles. The molecule has 1 aromatic carbocycles. The van der Waals surface area contributed by atoms with Gasteiger partial charge in [0.2, 0.25) is 5.91 Å². The van der Waals surface area contributed by atoms with Crippen LogP contribution in [0.4, 0.5) is 0 Å². The van der Waals surface area contributed by atoms with Gasteiger partial charge < -0.3 is 10.6 Å². The van der Waals surface area contributed by atoms with Crippen molar-refractivity contribution in [2.24, 2.45) is 16.7 Å². The number of hydrogen-bond acceptors (Lipinski definition) is 2. The van der Waals surface area contributed by atoms with Gasteiger partial charge in [0.05, 0.1) is 0 Å². The smallest absolute Gasteiger partial charge is 0.224 e. The van der Waals surface area contributed by atoms with Gasteiger partial charge in [0.15, 0.2) is 0 Å². The SMILES string of the molecule is CC1(C)C(C(=O)NCc2ccc3c(c2)CNC3)C1(C)C.Cl. The molecule has 21 heavy (non-hydrogen) atoms. The second-order valence-electron chi connectivity index (χ2n) is 7.30. The molecule has 116 valence electrons. The Morgan fingerprint density at radius 3 is 2.43 bits per heavy atom. The minimum Gasteiger partial charge on any atom is -0.352 e. The summed E-state index contributed by atoms with van der Waals surface area (Å²) in [4.78, 5) is 12.3. The molecule has 0 spiro atoms. The van der Waals surface area contributed by atoms with Crippen LogP contribution in [-0.4, -0.2) is 5.91 Å². The summed E-state index contributed by atoms with van der Waals surface area (Å²) in [6.45, 7) is 11.3. The first-order valence-electron chi connectivity index (χ1n) is 7.43. The average Bonchev–Trinajstić information content (AvgIpc) is 2.71. The van der Waals surface area contributed by atoms with Gasteiger partial charge in [-0.1, -0.05) is 45.9 Å². The van der Waals surface area contributed by atoms with E-state index in [1.165, 1.54) is 16.7 Å². The predicted octanol–water partition coefficient (Wildman–Crippen LogP) is 3.01. The van der Waals surface area contributed by atoms with E-state index in [0.717, 1.165) is 13.1 Å². The molecule has 3 nitrogen and oxygen atoms in total. The van der Waals surface area contributed by atoms with Crippen molar-refractivity contribution in [3.8, 4) is 0 Å². The number of rotatable bonds is 3. The lowest BCUT2D eigenvalue weighted by atomic mass is 10.0. The van der Waals surface area contributed by atoms with Crippen LogP contribution in [0.2, 0.25) is 0 Å². The van der Waals surface area contributed by atoms with Crippen molar-refractivity contribution in [2.75, 3.05) is 0 Å². The van der Waals surface area contributed by atoms with Crippen molar-refractivity contribution < 1.29 is 4.79 Å². The van der Waals surface area contributed by atoms with E-state index in [1.54, 1.807) is 0 Å². The Labute approximate surface area is 133 Å². The van der Waals surface area contributed by atoms with Gasteiger partial charge >= 0.3 is 0 Å². The molecule has 0 saturated heterocycles. The Morgan fingerprint density at radius 2 is 1.81 bits per heavy atom. The van der Waals surface area contributed by atoms with Crippen molar-refractivity contribution >= 4 is 18.3 Å². The van der Waals surface area contributed by atoms with Crippen molar-refractivity contribution in [1.82, 2.24) is 10.6 Å². The second kappa shape index (κ2) is 5.29. The Morgan fingerprint density at radius 1 is 1.19 bits per heavy atom. The van der Waals surface area contributed by atoms with Gasteiger partial charge in [0.25, 0.3) is 0 Å². The van der Waals surface area contributed by atoms with Crippen molar-refractivity contribution in [1.29, 1.82) is 0 Å². The number of carbonyl (C=O) groups excluding carboxylic acids is 1. The van der Waals surface area contributed by atoms with Crippen LogP contribution >= 0.6 is 12.4 Å². The molecule has 0 bridgehead atoms. The maximum Gasteiger partial charge on any atom is 0.224 e. The van der Waals surface area contributed by atoms with E-state index < -0.39 is 0 Å². The summed E-state index contributed by atoms with van der Waals surface area (Å²) in [6.07, 6.45) is 0. The molecule has 1 saturated carbocycles. The Hall–Kier alpha value is -1.06. The molecule has 0 unspecified atom stereocenters. The average molecular weight is 309 g/mol. The number of nitrogens with one attached hydrogen (secondary N) is 2. The number of carbonyl (C=O) groups is 1. The third kappa shape index (κ3) is 2.58. The zero-order valence-corrected chi connectivity index (χ0v) is 14.1. The molecule has 0 atom stereocenters. The Kier molecular flexibility index (Phi) is 4.11. The summed E-state index contributed by atoms with van der Waals surface area (Å²) in [5, 5.41) is 6.45. The van der Waals surface area contributed by atoms with Gasteiger partial charge in [-0.3, -0.25) is 4.79 Å². The molecule has 1 aliphatic carbocycles. The van der Waals surface area contributed by atoms with Crippen LogP contribution in [0.25, 0.3) is 0 Å². The zero-order valence-electron chi connectivity index (χ0n) is 13.2. The fourth-order valence-electron chi connectivity index (χ4n) is 3.60. The molecule has 1 amide bonds. The first kappa shape index (κ1) is 16.3. The minimum atomic E-state index is 0. The number of hydrogen-bond donors (Lipinski definition) is 2. The third-order valence-electron chi connectivity index (χ3n) is 5.65. The number of benzene rings is 1. The molecular formula is C17H25ClN2O. The molecule has 0 aromatic heterocycles. The molecular weight excluding hydrogens is 284 g/mol. The van der Waals surface area contributed by atoms with E-state index in [4.69, 9.17) is 0 Å². The standard InChI is InChI=1S/C17H24N2O.ClH/c1-16(2)14(17(16,3)4)15(20)19-8-11-5-6-12-9-18-10-13(12)7-11;/h5-7,14,18H,8-10H2,1-4H3,(H,19,20);1H. The molecule has 1 heterocycles. The number of halogens is 1. The maximum atomic E-state index is 12.3. The van der Waals surface area contributed by atoms with Crippen LogP contribution < -0.4 is 10.6 Å². The fraction of sp³-hybridized carbons (Fsp3) is 0.588. The van der Waals surface area contributed by atoms with Crippen molar-refractivity contribution in [3.05, 3.63) is 34.9 Å². The fourth-order valence-corrected chi connectivity index (χ4v) is 3.60. The van der Waals surface area contributed by atoms with Crippen LogP contribution in [0.1, 0.15) is 44.4 Å². The molecule has 4 heteroatoms. The van der Waals surface area contributed by atoms with E-state index in [-0.39, 0.29) is 35.1 Å². The van der Waals surface area contributed by atoms with E-state index in [2.05, 4.69) is 56.5 Å². The summed E-state index contributed by atoms with van der Waals surface area (Å²) in [6, 6.07) is 6.50. The highest BCUT2D eigenvalue weighted by atomic mass is 35.5. The summed E-state index contributed by atoms with van der Waals surface area (Å²) in [5.74, 6) is 0.324. The number of amides is 1. The molecule has 0 radical (unpaired) electrons. The van der Waals surface area contributed by atoms with Crippen LogP contribution in [0.3, 0.4) is 0 Å². The maximum absolute atomic E-state index is 12.3. The Bertz CT molecular complexity index is 552. The normalized spacial score (nSPS) is 21.3. The van der Waals surface area contributed by atoms with Gasteiger partial charge in [-0.05, 0) is 27.5 Å². The summed E-state index contributed by atoms with van der Waals surface area (Å²) >= 11 is 0. The van der Waals surface area contributed by atoms with E-state index >= 15 is 0 Å². The van der Waals surface area contributed by atoms with Crippen LogP contribution in [-0.2, 0) is 24.4 Å². The summed E-state index contributed by atoms with van der Waals surface area (Å²) < 4.78 is 0. The zero-order chi connectivity index (χ0) is 14.5. The molecule has 2 aliphatic rings. The molecule has 3 rings (SSSR count). The van der Waals surface area contributed by atoms with Crippen LogP contribution in [0, 0.1) is 16.7 Å². The molecule has 1 aromatic rings. The van der Waals surface area contributed by atoms with Crippen LogP contribution in [0.15, 0.2) is 18.2 Å². The number of fused-ring (bicyclic) bond motifs is 1. The molecule has 1 fully saturated rings.